The Bertz CT molecular complexity index is 164. The van der Waals surface area contributed by atoms with Crippen LogP contribution >= 0.6 is 0 Å². The van der Waals surface area contributed by atoms with Crippen molar-refractivity contribution >= 4 is 0 Å². The molecule has 1 saturated heterocycles. The summed E-state index contributed by atoms with van der Waals surface area (Å²) in [7, 11) is 0. The molecule has 1 N–H and O–H groups in total. The Balaban J connectivity index is 2.49. The quantitative estimate of drug-likeness (QED) is 0.756. The zero-order valence-corrected chi connectivity index (χ0v) is 8.97. The molecule has 0 radical (unpaired) electrons. The summed E-state index contributed by atoms with van der Waals surface area (Å²) in [4.78, 5) is 1.90. The van der Waals surface area contributed by atoms with Gasteiger partial charge in [0.25, 0.3) is 6.43 Å². The Labute approximate surface area is 84.7 Å². The molecule has 0 aliphatic carbocycles. The molecule has 14 heavy (non-hydrogen) atoms. The summed E-state index contributed by atoms with van der Waals surface area (Å²) in [6.45, 7) is 6.19. The molecule has 2 nitrogen and oxygen atoms in total. The number of nitrogens with zero attached hydrogens (tertiary/aromatic N) is 1. The molecule has 4 heteroatoms. The second-order valence-corrected chi connectivity index (χ2v) is 3.98. The van der Waals surface area contributed by atoms with Crippen LogP contribution in [0.5, 0.6) is 0 Å². The highest BCUT2D eigenvalue weighted by molar-refractivity contribution is 4.79. The maximum atomic E-state index is 12.5. The molecule has 1 rings (SSSR count). The van der Waals surface area contributed by atoms with Gasteiger partial charge in [0.2, 0.25) is 0 Å². The molecule has 0 aromatic heterocycles. The maximum Gasteiger partial charge on any atom is 0.253 e. The topological polar surface area (TPSA) is 15.3 Å². The van der Waals surface area contributed by atoms with Gasteiger partial charge in [-0.1, -0.05) is 6.92 Å². The maximum absolute atomic E-state index is 12.5. The van der Waals surface area contributed by atoms with E-state index in [0.717, 1.165) is 32.5 Å². The summed E-state index contributed by atoms with van der Waals surface area (Å²) in [5, 5.41) is 3.37. The monoisotopic (exact) mass is 206 g/mol. The van der Waals surface area contributed by atoms with Crippen molar-refractivity contribution in [2.24, 2.45) is 0 Å². The van der Waals surface area contributed by atoms with Crippen molar-refractivity contribution in [3.05, 3.63) is 0 Å². The third-order valence-electron chi connectivity index (χ3n) is 2.94. The molecule has 2 atom stereocenters. The van der Waals surface area contributed by atoms with Crippen LogP contribution < -0.4 is 5.32 Å². The van der Waals surface area contributed by atoms with Gasteiger partial charge < -0.3 is 5.32 Å². The van der Waals surface area contributed by atoms with E-state index >= 15 is 0 Å². The number of alkyl halides is 2. The number of hydrogen-bond donors (Lipinski definition) is 1. The van der Waals surface area contributed by atoms with Gasteiger partial charge in [-0.05, 0) is 32.9 Å². The molecule has 1 aliphatic heterocycles. The SMILES string of the molecule is CCC1CN(C(C)C(F)F)CCCN1. The highest BCUT2D eigenvalue weighted by Gasteiger charge is 2.25. The van der Waals surface area contributed by atoms with Gasteiger partial charge >= 0.3 is 0 Å². The molecule has 1 heterocycles. The van der Waals surface area contributed by atoms with Gasteiger partial charge in [-0.3, -0.25) is 4.90 Å². The van der Waals surface area contributed by atoms with Gasteiger partial charge in [-0.15, -0.1) is 0 Å². The van der Waals surface area contributed by atoms with E-state index in [1.54, 1.807) is 6.92 Å². The molecule has 0 bridgehead atoms. The van der Waals surface area contributed by atoms with E-state index in [9.17, 15) is 8.78 Å². The Morgan fingerprint density at radius 2 is 2.21 bits per heavy atom. The lowest BCUT2D eigenvalue weighted by Gasteiger charge is -2.29. The zero-order valence-electron chi connectivity index (χ0n) is 8.97. The van der Waals surface area contributed by atoms with Crippen LogP contribution in [0.3, 0.4) is 0 Å². The highest BCUT2D eigenvalue weighted by Crippen LogP contribution is 2.13. The predicted octanol–water partition coefficient (Wildman–Crippen LogP) is 1.71. The number of halogens is 2. The second-order valence-electron chi connectivity index (χ2n) is 3.98. The fourth-order valence-electron chi connectivity index (χ4n) is 1.83. The van der Waals surface area contributed by atoms with Gasteiger partial charge in [-0.2, -0.15) is 0 Å². The second kappa shape index (κ2) is 5.61. The van der Waals surface area contributed by atoms with Crippen molar-refractivity contribution in [1.82, 2.24) is 10.2 Å². The van der Waals surface area contributed by atoms with Crippen molar-refractivity contribution in [1.29, 1.82) is 0 Å². The lowest BCUT2D eigenvalue weighted by molar-refractivity contribution is 0.0337. The summed E-state index contributed by atoms with van der Waals surface area (Å²) in [6.07, 6.45) is -0.259. The Morgan fingerprint density at radius 3 is 2.79 bits per heavy atom. The molecular weight excluding hydrogens is 186 g/mol. The Hall–Kier alpha value is -0.220. The van der Waals surface area contributed by atoms with Crippen molar-refractivity contribution in [3.63, 3.8) is 0 Å². The van der Waals surface area contributed by atoms with E-state index in [1.807, 2.05) is 4.90 Å². The molecule has 2 unspecified atom stereocenters. The average molecular weight is 206 g/mol. The molecule has 0 aromatic carbocycles. The van der Waals surface area contributed by atoms with E-state index in [-0.39, 0.29) is 0 Å². The number of hydrogen-bond acceptors (Lipinski definition) is 2. The van der Waals surface area contributed by atoms with Crippen LogP contribution in [0.25, 0.3) is 0 Å². The molecule has 1 fully saturated rings. The summed E-state index contributed by atoms with van der Waals surface area (Å²) in [5.74, 6) is 0. The fraction of sp³-hybridized carbons (Fsp3) is 1.00. The summed E-state index contributed by atoms with van der Waals surface area (Å²) in [5.41, 5.74) is 0. The van der Waals surface area contributed by atoms with E-state index in [1.165, 1.54) is 0 Å². The standard InChI is InChI=1S/C10H20F2N2/c1-3-9-7-14(6-4-5-13-9)8(2)10(11)12/h8-10,13H,3-7H2,1-2H3. The minimum atomic E-state index is -2.23. The van der Waals surface area contributed by atoms with Gasteiger partial charge in [0.15, 0.2) is 0 Å². The third kappa shape index (κ3) is 3.17. The normalized spacial score (nSPS) is 27.6. The van der Waals surface area contributed by atoms with Crippen LogP contribution in [0.4, 0.5) is 8.78 Å². The van der Waals surface area contributed by atoms with Crippen LogP contribution in [0.2, 0.25) is 0 Å². The minimum absolute atomic E-state index is 0.374. The van der Waals surface area contributed by atoms with Crippen LogP contribution in [-0.4, -0.2) is 43.0 Å². The number of rotatable bonds is 3. The van der Waals surface area contributed by atoms with Gasteiger partial charge in [0.05, 0.1) is 6.04 Å². The van der Waals surface area contributed by atoms with Crippen molar-refractivity contribution in [2.75, 3.05) is 19.6 Å². The first-order chi connectivity index (χ1) is 6.65. The first kappa shape index (κ1) is 11.9. The zero-order chi connectivity index (χ0) is 10.6. The highest BCUT2D eigenvalue weighted by atomic mass is 19.3. The van der Waals surface area contributed by atoms with Crippen LogP contribution in [-0.2, 0) is 0 Å². The van der Waals surface area contributed by atoms with Crippen LogP contribution in [0.15, 0.2) is 0 Å². The van der Waals surface area contributed by atoms with E-state index in [4.69, 9.17) is 0 Å². The smallest absolute Gasteiger partial charge is 0.253 e. The van der Waals surface area contributed by atoms with Gasteiger partial charge in [0.1, 0.15) is 0 Å². The van der Waals surface area contributed by atoms with E-state index < -0.39 is 12.5 Å². The van der Waals surface area contributed by atoms with Gasteiger partial charge in [0, 0.05) is 12.6 Å². The largest absolute Gasteiger partial charge is 0.313 e. The average Bonchev–Trinajstić information content (AvgIpc) is 2.41. The fourth-order valence-corrected chi connectivity index (χ4v) is 1.83. The lowest BCUT2D eigenvalue weighted by Crippen LogP contribution is -2.44. The third-order valence-corrected chi connectivity index (χ3v) is 2.94. The van der Waals surface area contributed by atoms with Crippen LogP contribution in [0, 0.1) is 0 Å². The molecule has 0 aromatic rings. The molecular formula is C10H20F2N2. The molecule has 0 amide bonds. The van der Waals surface area contributed by atoms with Gasteiger partial charge in [-0.25, -0.2) is 8.78 Å². The summed E-state index contributed by atoms with van der Waals surface area (Å²) < 4.78 is 25.0. The van der Waals surface area contributed by atoms with Crippen molar-refractivity contribution in [2.45, 2.75) is 45.2 Å². The minimum Gasteiger partial charge on any atom is -0.313 e. The molecule has 0 spiro atoms. The van der Waals surface area contributed by atoms with E-state index in [2.05, 4.69) is 12.2 Å². The first-order valence-electron chi connectivity index (χ1n) is 5.40. The molecule has 0 saturated carbocycles. The van der Waals surface area contributed by atoms with E-state index in [0.29, 0.717) is 6.04 Å². The van der Waals surface area contributed by atoms with Crippen molar-refractivity contribution in [3.8, 4) is 0 Å². The Morgan fingerprint density at radius 1 is 1.50 bits per heavy atom. The van der Waals surface area contributed by atoms with Crippen LogP contribution in [0.1, 0.15) is 26.7 Å². The molecule has 84 valence electrons. The summed E-state index contributed by atoms with van der Waals surface area (Å²) in [6, 6.07) is -0.234. The first-order valence-corrected chi connectivity index (χ1v) is 5.40. The van der Waals surface area contributed by atoms with Crippen molar-refractivity contribution < 1.29 is 8.78 Å². The summed E-state index contributed by atoms with van der Waals surface area (Å²) >= 11 is 0. The Kier molecular flexibility index (Phi) is 4.75. The molecule has 1 aliphatic rings. The lowest BCUT2D eigenvalue weighted by atomic mass is 10.2. The predicted molar refractivity (Wildman–Crippen MR) is 53.7 cm³/mol. The number of nitrogens with one attached hydrogen (secondary N) is 1.